The van der Waals surface area contributed by atoms with Gasteiger partial charge in [-0.25, -0.2) is 0 Å². The first kappa shape index (κ1) is 18.7. The second-order valence-electron chi connectivity index (χ2n) is 5.26. The van der Waals surface area contributed by atoms with Crippen molar-refractivity contribution in [2.45, 2.75) is 6.42 Å². The van der Waals surface area contributed by atoms with Gasteiger partial charge < -0.3 is 16.0 Å². The van der Waals surface area contributed by atoms with E-state index < -0.39 is 0 Å². The van der Waals surface area contributed by atoms with Crippen LogP contribution in [0.2, 0.25) is 5.02 Å². The van der Waals surface area contributed by atoms with Gasteiger partial charge in [0.2, 0.25) is 0 Å². The smallest absolute Gasteiger partial charge is 0.251 e. The summed E-state index contributed by atoms with van der Waals surface area (Å²) in [6.07, 6.45) is 2.60. The molecule has 0 spiro atoms. The molecule has 2 aromatic rings. The lowest BCUT2D eigenvalue weighted by Gasteiger charge is -2.12. The van der Waals surface area contributed by atoms with Gasteiger partial charge in [-0.05, 0) is 36.4 Å². The van der Waals surface area contributed by atoms with Crippen LogP contribution in [0.5, 0.6) is 0 Å². The van der Waals surface area contributed by atoms with Crippen LogP contribution in [0.1, 0.15) is 16.1 Å². The van der Waals surface area contributed by atoms with Crippen molar-refractivity contribution < 1.29 is 4.79 Å². The third kappa shape index (κ3) is 6.81. The third-order valence-corrected chi connectivity index (χ3v) is 3.68. The molecule has 1 aromatic carbocycles. The number of nitrogens with one attached hydrogen (secondary N) is 3. The van der Waals surface area contributed by atoms with Crippen LogP contribution in [0.15, 0.2) is 53.7 Å². The lowest BCUT2D eigenvalue weighted by molar-refractivity contribution is 0.0954. The molecule has 1 aromatic heterocycles. The molecular formula is C18H22ClN5O. The van der Waals surface area contributed by atoms with E-state index in [9.17, 15) is 4.79 Å². The minimum absolute atomic E-state index is 0.128. The Morgan fingerprint density at radius 2 is 1.76 bits per heavy atom. The number of carbonyl (C=O) groups excluding carboxylic acids is 1. The van der Waals surface area contributed by atoms with Gasteiger partial charge >= 0.3 is 0 Å². The number of pyridine rings is 1. The fourth-order valence-electron chi connectivity index (χ4n) is 2.14. The number of rotatable bonds is 7. The van der Waals surface area contributed by atoms with Crippen molar-refractivity contribution in [2.75, 3.05) is 26.7 Å². The molecule has 0 bridgehead atoms. The standard InChI is InChI=1S/C18H22ClN5O/c1-20-18(23-11-9-16-4-2-3-10-21-16)24-13-12-22-17(25)14-5-7-15(19)8-6-14/h2-8,10H,9,11-13H2,1H3,(H,22,25)(H2,20,23,24). The molecule has 6 nitrogen and oxygen atoms in total. The van der Waals surface area contributed by atoms with Crippen LogP contribution in [0.25, 0.3) is 0 Å². The summed E-state index contributed by atoms with van der Waals surface area (Å²) in [5.41, 5.74) is 1.61. The summed E-state index contributed by atoms with van der Waals surface area (Å²) in [6, 6.07) is 12.6. The molecule has 0 aliphatic heterocycles. The van der Waals surface area contributed by atoms with E-state index in [1.807, 2.05) is 18.2 Å². The topological polar surface area (TPSA) is 78.4 Å². The Balaban J connectivity index is 1.63. The zero-order valence-corrected chi connectivity index (χ0v) is 14.9. The van der Waals surface area contributed by atoms with Crippen LogP contribution < -0.4 is 16.0 Å². The van der Waals surface area contributed by atoms with E-state index >= 15 is 0 Å². The number of hydrogen-bond donors (Lipinski definition) is 3. The van der Waals surface area contributed by atoms with Crippen LogP contribution in [0.4, 0.5) is 0 Å². The quantitative estimate of drug-likeness (QED) is 0.400. The molecule has 1 amide bonds. The Labute approximate surface area is 152 Å². The number of halogens is 1. The van der Waals surface area contributed by atoms with Gasteiger partial charge in [-0.15, -0.1) is 0 Å². The maximum absolute atomic E-state index is 12.0. The Hall–Kier alpha value is -2.60. The molecule has 7 heteroatoms. The Kier molecular flexibility index (Phi) is 7.72. The molecule has 0 saturated heterocycles. The number of benzene rings is 1. The van der Waals surface area contributed by atoms with Gasteiger partial charge in [-0.1, -0.05) is 17.7 Å². The van der Waals surface area contributed by atoms with Crippen LogP contribution in [-0.2, 0) is 6.42 Å². The molecule has 25 heavy (non-hydrogen) atoms. The van der Waals surface area contributed by atoms with Crippen LogP contribution in [0.3, 0.4) is 0 Å². The summed E-state index contributed by atoms with van der Waals surface area (Å²) >= 11 is 5.81. The van der Waals surface area contributed by atoms with Crippen molar-refractivity contribution in [1.29, 1.82) is 0 Å². The largest absolute Gasteiger partial charge is 0.356 e. The van der Waals surface area contributed by atoms with E-state index in [0.717, 1.165) is 18.7 Å². The summed E-state index contributed by atoms with van der Waals surface area (Å²) in [5.74, 6) is 0.563. The van der Waals surface area contributed by atoms with Gasteiger partial charge in [0.15, 0.2) is 5.96 Å². The lowest BCUT2D eigenvalue weighted by atomic mass is 10.2. The maximum Gasteiger partial charge on any atom is 0.251 e. The van der Waals surface area contributed by atoms with Gasteiger partial charge in [0.05, 0.1) is 0 Å². The molecular weight excluding hydrogens is 338 g/mol. The van der Waals surface area contributed by atoms with Gasteiger partial charge in [0.1, 0.15) is 0 Å². The Morgan fingerprint density at radius 1 is 1.04 bits per heavy atom. The second-order valence-corrected chi connectivity index (χ2v) is 5.70. The summed E-state index contributed by atoms with van der Waals surface area (Å²) in [7, 11) is 1.71. The summed E-state index contributed by atoms with van der Waals surface area (Å²) in [6.45, 7) is 1.79. The minimum Gasteiger partial charge on any atom is -0.356 e. The first-order chi connectivity index (χ1) is 12.2. The second kappa shape index (κ2) is 10.3. The van der Waals surface area contributed by atoms with Crippen LogP contribution in [0, 0.1) is 0 Å². The van der Waals surface area contributed by atoms with Crippen molar-refractivity contribution in [1.82, 2.24) is 20.9 Å². The predicted octanol–water partition coefficient (Wildman–Crippen LogP) is 1.87. The van der Waals surface area contributed by atoms with Crippen LogP contribution in [-0.4, -0.2) is 43.5 Å². The van der Waals surface area contributed by atoms with Crippen molar-refractivity contribution >= 4 is 23.5 Å². The van der Waals surface area contributed by atoms with E-state index in [1.165, 1.54) is 0 Å². The first-order valence-electron chi connectivity index (χ1n) is 8.07. The minimum atomic E-state index is -0.128. The maximum atomic E-state index is 12.0. The summed E-state index contributed by atoms with van der Waals surface area (Å²) < 4.78 is 0. The number of aromatic nitrogens is 1. The molecule has 0 fully saturated rings. The molecule has 132 valence electrons. The highest BCUT2D eigenvalue weighted by Crippen LogP contribution is 2.09. The number of hydrogen-bond acceptors (Lipinski definition) is 3. The zero-order chi connectivity index (χ0) is 17.9. The fourth-order valence-corrected chi connectivity index (χ4v) is 2.26. The highest BCUT2D eigenvalue weighted by molar-refractivity contribution is 6.30. The fraction of sp³-hybridized carbons (Fsp3) is 0.278. The van der Waals surface area contributed by atoms with Gasteiger partial charge in [0, 0.05) is 55.6 Å². The van der Waals surface area contributed by atoms with Crippen molar-refractivity contribution in [2.24, 2.45) is 4.99 Å². The highest BCUT2D eigenvalue weighted by atomic mass is 35.5. The molecule has 0 atom stereocenters. The van der Waals surface area contributed by atoms with E-state index in [0.29, 0.717) is 29.6 Å². The van der Waals surface area contributed by atoms with E-state index in [1.54, 1.807) is 37.5 Å². The normalized spacial score (nSPS) is 11.0. The average molecular weight is 360 g/mol. The van der Waals surface area contributed by atoms with Gasteiger partial charge in [0.25, 0.3) is 5.91 Å². The molecule has 2 rings (SSSR count). The molecule has 0 aliphatic carbocycles. The number of amides is 1. The van der Waals surface area contributed by atoms with Crippen molar-refractivity contribution in [3.8, 4) is 0 Å². The van der Waals surface area contributed by atoms with Crippen molar-refractivity contribution in [3.63, 3.8) is 0 Å². The van der Waals surface area contributed by atoms with Crippen LogP contribution >= 0.6 is 11.6 Å². The predicted molar refractivity (Wildman–Crippen MR) is 101 cm³/mol. The summed E-state index contributed by atoms with van der Waals surface area (Å²) in [5, 5.41) is 9.82. The Morgan fingerprint density at radius 3 is 2.44 bits per heavy atom. The van der Waals surface area contributed by atoms with E-state index in [4.69, 9.17) is 11.6 Å². The Bertz CT molecular complexity index is 688. The third-order valence-electron chi connectivity index (χ3n) is 3.43. The molecule has 0 saturated carbocycles. The number of aliphatic imine (C=N–C) groups is 1. The average Bonchev–Trinajstić information content (AvgIpc) is 2.65. The highest BCUT2D eigenvalue weighted by Gasteiger charge is 2.04. The molecule has 3 N–H and O–H groups in total. The number of carbonyl (C=O) groups is 1. The zero-order valence-electron chi connectivity index (χ0n) is 14.1. The SMILES string of the molecule is CN=C(NCCNC(=O)c1ccc(Cl)cc1)NCCc1ccccn1. The molecule has 0 aliphatic rings. The first-order valence-corrected chi connectivity index (χ1v) is 8.45. The monoisotopic (exact) mass is 359 g/mol. The van der Waals surface area contributed by atoms with Gasteiger partial charge in [-0.3, -0.25) is 14.8 Å². The van der Waals surface area contributed by atoms with Gasteiger partial charge in [-0.2, -0.15) is 0 Å². The molecule has 1 heterocycles. The molecule has 0 unspecified atom stereocenters. The van der Waals surface area contributed by atoms with E-state index in [2.05, 4.69) is 25.9 Å². The summed E-state index contributed by atoms with van der Waals surface area (Å²) in [4.78, 5) is 20.4. The number of nitrogens with zero attached hydrogens (tertiary/aromatic N) is 2. The molecule has 0 radical (unpaired) electrons. The lowest BCUT2D eigenvalue weighted by Crippen LogP contribution is -2.42. The van der Waals surface area contributed by atoms with Crippen molar-refractivity contribution in [3.05, 3.63) is 64.9 Å². The number of guanidine groups is 1. The van der Waals surface area contributed by atoms with E-state index in [-0.39, 0.29) is 5.91 Å².